The molecule has 0 saturated carbocycles. The Bertz CT molecular complexity index is 101. The lowest BCUT2D eigenvalue weighted by atomic mass is 10.1. The van der Waals surface area contributed by atoms with Crippen LogP contribution in [0.15, 0.2) is 12.3 Å². The highest BCUT2D eigenvalue weighted by molar-refractivity contribution is 4.82. The van der Waals surface area contributed by atoms with Crippen LogP contribution in [0.5, 0.6) is 0 Å². The average Bonchev–Trinajstić information content (AvgIpc) is 1.91. The van der Waals surface area contributed by atoms with Crippen LogP contribution in [0, 0.1) is 0 Å². The van der Waals surface area contributed by atoms with Crippen LogP contribution < -0.4 is 5.32 Å². The zero-order valence-corrected chi connectivity index (χ0v) is 5.76. The molecule has 0 spiro atoms. The first-order valence-corrected chi connectivity index (χ1v) is 3.38. The molecule has 0 fully saturated rings. The largest absolute Gasteiger partial charge is 0.497 e. The van der Waals surface area contributed by atoms with Crippen LogP contribution in [-0.4, -0.2) is 19.7 Å². The van der Waals surface area contributed by atoms with E-state index in [9.17, 15) is 0 Å². The van der Waals surface area contributed by atoms with Gasteiger partial charge in [-0.1, -0.05) is 0 Å². The van der Waals surface area contributed by atoms with Crippen molar-refractivity contribution in [2.75, 3.05) is 13.6 Å². The maximum Gasteiger partial charge on any atom is 0.110 e. The summed E-state index contributed by atoms with van der Waals surface area (Å²) < 4.78 is 5.28. The van der Waals surface area contributed by atoms with Gasteiger partial charge in [0.1, 0.15) is 6.10 Å². The quantitative estimate of drug-likeness (QED) is 0.595. The van der Waals surface area contributed by atoms with Crippen molar-refractivity contribution in [1.82, 2.24) is 5.32 Å². The Hall–Kier alpha value is -0.500. The van der Waals surface area contributed by atoms with E-state index in [0.29, 0.717) is 6.10 Å². The maximum atomic E-state index is 5.28. The van der Waals surface area contributed by atoms with Gasteiger partial charge in [-0.15, -0.1) is 0 Å². The second-order valence-corrected chi connectivity index (χ2v) is 2.26. The van der Waals surface area contributed by atoms with Crippen molar-refractivity contribution in [2.45, 2.75) is 18.9 Å². The van der Waals surface area contributed by atoms with E-state index in [1.165, 1.54) is 0 Å². The molecule has 0 radical (unpaired) electrons. The normalized spacial score (nSPS) is 25.7. The van der Waals surface area contributed by atoms with Crippen molar-refractivity contribution in [3.63, 3.8) is 0 Å². The Labute approximate surface area is 55.9 Å². The fourth-order valence-corrected chi connectivity index (χ4v) is 0.963. The van der Waals surface area contributed by atoms with Crippen molar-refractivity contribution in [3.8, 4) is 0 Å². The summed E-state index contributed by atoms with van der Waals surface area (Å²) >= 11 is 0. The molecule has 0 amide bonds. The summed E-state index contributed by atoms with van der Waals surface area (Å²) in [7, 11) is 1.95. The van der Waals surface area contributed by atoms with Gasteiger partial charge in [-0.25, -0.2) is 0 Å². The smallest absolute Gasteiger partial charge is 0.110 e. The Balaban J connectivity index is 2.18. The van der Waals surface area contributed by atoms with Gasteiger partial charge in [0.15, 0.2) is 0 Å². The minimum Gasteiger partial charge on any atom is -0.497 e. The molecule has 0 aliphatic carbocycles. The number of hydrogen-bond acceptors (Lipinski definition) is 2. The van der Waals surface area contributed by atoms with Crippen molar-refractivity contribution in [1.29, 1.82) is 0 Å². The molecule has 1 heterocycles. The van der Waals surface area contributed by atoms with E-state index in [2.05, 4.69) is 11.4 Å². The predicted molar refractivity (Wildman–Crippen MR) is 37.2 cm³/mol. The van der Waals surface area contributed by atoms with E-state index in [1.54, 1.807) is 6.26 Å². The zero-order chi connectivity index (χ0) is 6.53. The van der Waals surface area contributed by atoms with Crippen LogP contribution in [0.1, 0.15) is 12.8 Å². The summed E-state index contributed by atoms with van der Waals surface area (Å²) in [5.41, 5.74) is 0. The number of allylic oxidation sites excluding steroid dienone is 1. The molecule has 1 unspecified atom stereocenters. The second kappa shape index (κ2) is 3.51. The molecule has 1 aliphatic rings. The molecule has 1 rings (SSSR count). The first-order chi connectivity index (χ1) is 4.43. The third-order valence-corrected chi connectivity index (χ3v) is 1.45. The monoisotopic (exact) mass is 127 g/mol. The van der Waals surface area contributed by atoms with Gasteiger partial charge < -0.3 is 10.1 Å². The maximum absolute atomic E-state index is 5.28. The molecule has 0 bridgehead atoms. The summed E-state index contributed by atoms with van der Waals surface area (Å²) in [4.78, 5) is 0. The lowest BCUT2D eigenvalue weighted by molar-refractivity contribution is 0.124. The molecule has 9 heavy (non-hydrogen) atoms. The standard InChI is InChI=1S/C7H13NO/c1-8-6-7-4-2-3-5-9-7/h3,5,7-8H,2,4,6H2,1H3. The first kappa shape index (κ1) is 6.62. The number of hydrogen-bond donors (Lipinski definition) is 1. The molecule has 1 atom stereocenters. The van der Waals surface area contributed by atoms with Gasteiger partial charge in [-0.3, -0.25) is 0 Å². The second-order valence-electron chi connectivity index (χ2n) is 2.26. The predicted octanol–water partition coefficient (Wildman–Crippen LogP) is 0.898. The van der Waals surface area contributed by atoms with Crippen molar-refractivity contribution < 1.29 is 4.74 Å². The molecule has 2 heteroatoms. The van der Waals surface area contributed by atoms with Gasteiger partial charge in [-0.05, 0) is 26.0 Å². The third-order valence-electron chi connectivity index (χ3n) is 1.45. The molecule has 0 aromatic rings. The van der Waals surface area contributed by atoms with Crippen LogP contribution in [0.25, 0.3) is 0 Å². The Morgan fingerprint density at radius 2 is 2.67 bits per heavy atom. The summed E-state index contributed by atoms with van der Waals surface area (Å²) in [5, 5.41) is 3.08. The van der Waals surface area contributed by atoms with Crippen LogP contribution in [0.3, 0.4) is 0 Å². The van der Waals surface area contributed by atoms with Crippen molar-refractivity contribution >= 4 is 0 Å². The van der Waals surface area contributed by atoms with E-state index >= 15 is 0 Å². The highest BCUT2D eigenvalue weighted by atomic mass is 16.5. The Morgan fingerprint density at radius 3 is 3.22 bits per heavy atom. The Morgan fingerprint density at radius 1 is 1.78 bits per heavy atom. The van der Waals surface area contributed by atoms with Gasteiger partial charge in [0.2, 0.25) is 0 Å². The van der Waals surface area contributed by atoms with Gasteiger partial charge in [0.25, 0.3) is 0 Å². The third kappa shape index (κ3) is 2.06. The molecule has 0 aromatic heterocycles. The van der Waals surface area contributed by atoms with Crippen LogP contribution in [0.2, 0.25) is 0 Å². The number of likely N-dealkylation sites (N-methyl/N-ethyl adjacent to an activating group) is 1. The van der Waals surface area contributed by atoms with Crippen LogP contribution >= 0.6 is 0 Å². The number of rotatable bonds is 2. The molecule has 1 aliphatic heterocycles. The SMILES string of the molecule is CNCC1CCC=CO1. The number of nitrogens with one attached hydrogen (secondary N) is 1. The lowest BCUT2D eigenvalue weighted by Crippen LogP contribution is -2.26. The Kier molecular flexibility index (Phi) is 2.58. The molecule has 0 saturated heterocycles. The van der Waals surface area contributed by atoms with Gasteiger partial charge in [0.05, 0.1) is 6.26 Å². The van der Waals surface area contributed by atoms with Crippen molar-refractivity contribution in [2.24, 2.45) is 0 Å². The molecule has 0 aromatic carbocycles. The molecule has 2 nitrogen and oxygen atoms in total. The van der Waals surface area contributed by atoms with E-state index in [0.717, 1.165) is 19.4 Å². The van der Waals surface area contributed by atoms with E-state index in [-0.39, 0.29) is 0 Å². The average molecular weight is 127 g/mol. The fraction of sp³-hybridized carbons (Fsp3) is 0.714. The summed E-state index contributed by atoms with van der Waals surface area (Å²) in [6.45, 7) is 0.963. The van der Waals surface area contributed by atoms with Crippen LogP contribution in [0.4, 0.5) is 0 Å². The van der Waals surface area contributed by atoms with Gasteiger partial charge >= 0.3 is 0 Å². The van der Waals surface area contributed by atoms with E-state index < -0.39 is 0 Å². The summed E-state index contributed by atoms with van der Waals surface area (Å²) in [6, 6.07) is 0. The highest BCUT2D eigenvalue weighted by Crippen LogP contribution is 2.08. The van der Waals surface area contributed by atoms with Gasteiger partial charge in [-0.2, -0.15) is 0 Å². The molecule has 52 valence electrons. The van der Waals surface area contributed by atoms with E-state index in [1.807, 2.05) is 7.05 Å². The molecule has 1 N–H and O–H groups in total. The molecular weight excluding hydrogens is 114 g/mol. The summed E-state index contributed by atoms with van der Waals surface area (Å²) in [6.07, 6.45) is 6.57. The zero-order valence-electron chi connectivity index (χ0n) is 5.76. The van der Waals surface area contributed by atoms with Crippen molar-refractivity contribution in [3.05, 3.63) is 12.3 Å². The minimum absolute atomic E-state index is 0.403. The van der Waals surface area contributed by atoms with Crippen LogP contribution in [-0.2, 0) is 4.74 Å². The fourth-order valence-electron chi connectivity index (χ4n) is 0.963. The summed E-state index contributed by atoms with van der Waals surface area (Å²) in [5.74, 6) is 0. The topological polar surface area (TPSA) is 21.3 Å². The van der Waals surface area contributed by atoms with E-state index in [4.69, 9.17) is 4.74 Å². The highest BCUT2D eigenvalue weighted by Gasteiger charge is 2.07. The lowest BCUT2D eigenvalue weighted by Gasteiger charge is -2.18. The number of ether oxygens (including phenoxy) is 1. The minimum atomic E-state index is 0.403. The van der Waals surface area contributed by atoms with Gasteiger partial charge in [0, 0.05) is 6.54 Å². The first-order valence-electron chi connectivity index (χ1n) is 3.38. The molecular formula is C7H13NO.